The highest BCUT2D eigenvalue weighted by Gasteiger charge is 2.04. The van der Waals surface area contributed by atoms with Gasteiger partial charge in [0.25, 0.3) is 0 Å². The molecule has 0 amide bonds. The number of benzene rings is 2. The fraction of sp³-hybridized carbons (Fsp3) is 0.118. The van der Waals surface area contributed by atoms with Crippen LogP contribution in [0, 0.1) is 5.82 Å². The maximum absolute atomic E-state index is 13.2. The van der Waals surface area contributed by atoms with Crippen LogP contribution in [0.15, 0.2) is 58.2 Å². The summed E-state index contributed by atoms with van der Waals surface area (Å²) in [6.45, 7) is 0. The highest BCUT2D eigenvalue weighted by Crippen LogP contribution is 2.24. The van der Waals surface area contributed by atoms with E-state index in [9.17, 15) is 9.18 Å². The van der Waals surface area contributed by atoms with Gasteiger partial charge < -0.3 is 9.72 Å². The molecule has 0 saturated heterocycles. The van der Waals surface area contributed by atoms with Crippen LogP contribution < -0.4 is 10.2 Å². The summed E-state index contributed by atoms with van der Waals surface area (Å²) in [5.41, 5.74) is 1.29. The highest BCUT2D eigenvalue weighted by molar-refractivity contribution is 7.98. The number of halogens is 1. The first kappa shape index (κ1) is 14.7. The molecule has 1 aromatic heterocycles. The molecule has 1 heterocycles. The number of methoxy groups -OCH3 is 1. The summed E-state index contributed by atoms with van der Waals surface area (Å²) in [5.74, 6) is 1.04. The van der Waals surface area contributed by atoms with E-state index in [1.807, 2.05) is 24.3 Å². The first-order chi connectivity index (χ1) is 10.7. The van der Waals surface area contributed by atoms with Gasteiger partial charge in [-0.25, -0.2) is 4.39 Å². The van der Waals surface area contributed by atoms with Gasteiger partial charge in [0, 0.05) is 33.3 Å². The average Bonchev–Trinajstić information content (AvgIpc) is 2.54. The number of hydrogen-bond donors (Lipinski definition) is 1. The summed E-state index contributed by atoms with van der Waals surface area (Å²) >= 11 is 1.61. The maximum Gasteiger partial charge on any atom is 0.189 e. The quantitative estimate of drug-likeness (QED) is 0.741. The molecule has 0 aliphatic rings. The molecule has 0 radical (unpaired) electrons. The topological polar surface area (TPSA) is 42.1 Å². The zero-order chi connectivity index (χ0) is 15.5. The summed E-state index contributed by atoms with van der Waals surface area (Å²) in [5, 5.41) is 0.373. The molecule has 0 saturated carbocycles. The molecule has 3 aromatic rings. The van der Waals surface area contributed by atoms with Gasteiger partial charge in [-0.2, -0.15) is 0 Å². The summed E-state index contributed by atoms with van der Waals surface area (Å²) in [7, 11) is 1.63. The van der Waals surface area contributed by atoms with Crippen molar-refractivity contribution >= 4 is 22.7 Å². The normalized spacial score (nSPS) is 10.8. The molecule has 0 unspecified atom stereocenters. The third kappa shape index (κ3) is 3.14. The van der Waals surface area contributed by atoms with E-state index in [-0.39, 0.29) is 5.43 Å². The van der Waals surface area contributed by atoms with Gasteiger partial charge in [0.05, 0.1) is 7.11 Å². The predicted molar refractivity (Wildman–Crippen MR) is 87.1 cm³/mol. The molecule has 0 aliphatic heterocycles. The van der Waals surface area contributed by atoms with Crippen LogP contribution in [0.2, 0.25) is 0 Å². The third-order valence-corrected chi connectivity index (χ3v) is 4.36. The van der Waals surface area contributed by atoms with Crippen molar-refractivity contribution in [2.24, 2.45) is 0 Å². The first-order valence-electron chi connectivity index (χ1n) is 6.74. The molecule has 0 atom stereocenters. The molecule has 0 bridgehead atoms. The van der Waals surface area contributed by atoms with Crippen molar-refractivity contribution in [1.29, 1.82) is 0 Å². The number of hydrogen-bond acceptors (Lipinski definition) is 3. The van der Waals surface area contributed by atoms with Gasteiger partial charge >= 0.3 is 0 Å². The lowest BCUT2D eigenvalue weighted by Gasteiger charge is -2.06. The van der Waals surface area contributed by atoms with E-state index in [1.165, 1.54) is 18.2 Å². The van der Waals surface area contributed by atoms with Crippen LogP contribution in [0.5, 0.6) is 5.75 Å². The van der Waals surface area contributed by atoms with Crippen molar-refractivity contribution in [3.8, 4) is 5.75 Å². The van der Waals surface area contributed by atoms with Crippen LogP contribution in [0.25, 0.3) is 10.9 Å². The zero-order valence-corrected chi connectivity index (χ0v) is 12.7. The molecular formula is C17H14FNO2S. The van der Waals surface area contributed by atoms with Crippen molar-refractivity contribution in [2.45, 2.75) is 10.6 Å². The van der Waals surface area contributed by atoms with Crippen molar-refractivity contribution in [3.05, 3.63) is 70.3 Å². The molecule has 112 valence electrons. The number of aromatic amines is 1. The van der Waals surface area contributed by atoms with Crippen molar-refractivity contribution in [2.75, 3.05) is 7.11 Å². The number of nitrogens with one attached hydrogen (secondary N) is 1. The van der Waals surface area contributed by atoms with Gasteiger partial charge in [-0.1, -0.05) is 0 Å². The Kier molecular flexibility index (Phi) is 4.15. The Morgan fingerprint density at radius 3 is 2.64 bits per heavy atom. The molecule has 0 aliphatic carbocycles. The Balaban J connectivity index is 1.81. The minimum atomic E-state index is -0.404. The predicted octanol–water partition coefficient (Wildman–Crippen LogP) is 3.97. The van der Waals surface area contributed by atoms with Gasteiger partial charge in [0.2, 0.25) is 0 Å². The standard InChI is InChI=1S/C17H14FNO2S/c1-21-13-3-5-14(6-4-13)22-10-12-9-17(20)15-8-11(18)2-7-16(15)19-12/h2-9H,10H2,1H3,(H,19,20). The second-order valence-electron chi connectivity index (χ2n) is 4.81. The van der Waals surface area contributed by atoms with Gasteiger partial charge in [0.1, 0.15) is 11.6 Å². The number of fused-ring (bicyclic) bond motifs is 1. The lowest BCUT2D eigenvalue weighted by Crippen LogP contribution is -2.04. The van der Waals surface area contributed by atoms with E-state index in [2.05, 4.69) is 4.98 Å². The fourth-order valence-corrected chi connectivity index (χ4v) is 2.99. The van der Waals surface area contributed by atoms with E-state index >= 15 is 0 Å². The van der Waals surface area contributed by atoms with Crippen LogP contribution in [-0.4, -0.2) is 12.1 Å². The maximum atomic E-state index is 13.2. The third-order valence-electron chi connectivity index (χ3n) is 3.30. The molecule has 0 fully saturated rings. The molecular weight excluding hydrogens is 301 g/mol. The lowest BCUT2D eigenvalue weighted by molar-refractivity contribution is 0.414. The zero-order valence-electron chi connectivity index (χ0n) is 11.9. The minimum absolute atomic E-state index is 0.168. The molecule has 3 rings (SSSR count). The van der Waals surface area contributed by atoms with Gasteiger partial charge in [-0.3, -0.25) is 4.79 Å². The van der Waals surface area contributed by atoms with Gasteiger partial charge in [0.15, 0.2) is 5.43 Å². The van der Waals surface area contributed by atoms with Crippen LogP contribution in [0.1, 0.15) is 5.69 Å². The number of aromatic nitrogens is 1. The van der Waals surface area contributed by atoms with Gasteiger partial charge in [-0.05, 0) is 42.5 Å². The second kappa shape index (κ2) is 6.23. The van der Waals surface area contributed by atoms with Crippen molar-refractivity contribution < 1.29 is 9.13 Å². The molecule has 1 N–H and O–H groups in total. The average molecular weight is 315 g/mol. The Labute approximate surface area is 131 Å². The summed E-state index contributed by atoms with van der Waals surface area (Å²) < 4.78 is 18.3. The highest BCUT2D eigenvalue weighted by atomic mass is 32.2. The van der Waals surface area contributed by atoms with Crippen LogP contribution >= 0.6 is 11.8 Å². The fourth-order valence-electron chi connectivity index (χ4n) is 2.19. The van der Waals surface area contributed by atoms with E-state index in [0.29, 0.717) is 16.7 Å². The van der Waals surface area contributed by atoms with E-state index in [0.717, 1.165) is 16.3 Å². The molecule has 5 heteroatoms. The molecule has 3 nitrogen and oxygen atoms in total. The molecule has 22 heavy (non-hydrogen) atoms. The Hall–Kier alpha value is -2.27. The minimum Gasteiger partial charge on any atom is -0.497 e. The largest absolute Gasteiger partial charge is 0.497 e. The van der Waals surface area contributed by atoms with E-state index in [4.69, 9.17) is 4.74 Å². The Bertz CT molecular complexity index is 859. The molecule has 0 spiro atoms. The van der Waals surface area contributed by atoms with Crippen molar-refractivity contribution in [1.82, 2.24) is 4.98 Å². The van der Waals surface area contributed by atoms with Crippen molar-refractivity contribution in [3.63, 3.8) is 0 Å². The van der Waals surface area contributed by atoms with Crippen LogP contribution in [0.4, 0.5) is 4.39 Å². The second-order valence-corrected chi connectivity index (χ2v) is 5.86. The lowest BCUT2D eigenvalue weighted by atomic mass is 10.2. The summed E-state index contributed by atoms with van der Waals surface area (Å²) in [4.78, 5) is 16.3. The van der Waals surface area contributed by atoms with E-state index < -0.39 is 5.82 Å². The van der Waals surface area contributed by atoms with Crippen LogP contribution in [0.3, 0.4) is 0 Å². The summed E-state index contributed by atoms with van der Waals surface area (Å²) in [6.07, 6.45) is 0. The first-order valence-corrected chi connectivity index (χ1v) is 7.72. The number of rotatable bonds is 4. The smallest absolute Gasteiger partial charge is 0.189 e. The SMILES string of the molecule is COc1ccc(SCc2cc(=O)c3cc(F)ccc3[nH]2)cc1. The Morgan fingerprint density at radius 1 is 1.14 bits per heavy atom. The number of H-pyrrole nitrogens is 1. The summed E-state index contributed by atoms with van der Waals surface area (Å²) in [6, 6.07) is 13.5. The van der Waals surface area contributed by atoms with E-state index in [1.54, 1.807) is 24.9 Å². The number of ether oxygens (including phenoxy) is 1. The number of pyridine rings is 1. The molecule has 2 aromatic carbocycles. The van der Waals surface area contributed by atoms with Crippen LogP contribution in [-0.2, 0) is 5.75 Å². The van der Waals surface area contributed by atoms with Gasteiger partial charge in [-0.15, -0.1) is 11.8 Å². The monoisotopic (exact) mass is 315 g/mol. The number of thioether (sulfide) groups is 1. The Morgan fingerprint density at radius 2 is 1.91 bits per heavy atom.